The average molecular weight is 763 g/mol. The topological polar surface area (TPSA) is 18.5 Å². The zero-order chi connectivity index (χ0) is 39.9. The lowest BCUT2D eigenvalue weighted by atomic mass is 9.79. The third-order valence-corrected chi connectivity index (χ3v) is 11.8. The molecule has 0 N–H and O–H groups in total. The van der Waals surface area contributed by atoms with Crippen LogP contribution in [0.5, 0.6) is 11.5 Å². The van der Waals surface area contributed by atoms with Crippen LogP contribution in [0.2, 0.25) is 0 Å². The molecule has 0 aromatic heterocycles. The van der Waals surface area contributed by atoms with Crippen LogP contribution in [0.1, 0.15) is 169 Å². The van der Waals surface area contributed by atoms with E-state index in [0.717, 1.165) is 48.7 Å². The van der Waals surface area contributed by atoms with Crippen molar-refractivity contribution < 1.29 is 9.47 Å². The van der Waals surface area contributed by atoms with Crippen molar-refractivity contribution in [2.24, 2.45) is 11.8 Å². The highest BCUT2D eigenvalue weighted by molar-refractivity contribution is 5.38. The highest BCUT2D eigenvalue weighted by Gasteiger charge is 2.22. The molecule has 2 aliphatic carbocycles. The summed E-state index contributed by atoms with van der Waals surface area (Å²) in [6, 6.07) is 35.3. The summed E-state index contributed by atoms with van der Waals surface area (Å²) >= 11 is 0. The van der Waals surface area contributed by atoms with Gasteiger partial charge in [0.25, 0.3) is 0 Å². The summed E-state index contributed by atoms with van der Waals surface area (Å²) in [5.41, 5.74) is 8.09. The number of ether oxygens (including phenoxy) is 2. The molecule has 6 rings (SSSR count). The zero-order valence-corrected chi connectivity index (χ0v) is 35.8. The fraction of sp³-hybridized carbons (Fsp3) is 0.491. The van der Waals surface area contributed by atoms with Crippen LogP contribution in [-0.2, 0) is 12.8 Å². The number of hydrogen-bond donors (Lipinski definition) is 0. The predicted octanol–water partition coefficient (Wildman–Crippen LogP) is 14.7. The van der Waals surface area contributed by atoms with Crippen LogP contribution in [0.15, 0.2) is 97.1 Å². The van der Waals surface area contributed by atoms with E-state index in [2.05, 4.69) is 148 Å². The third-order valence-electron chi connectivity index (χ3n) is 11.8. The minimum atomic E-state index is 0.544. The molecule has 2 nitrogen and oxygen atoms in total. The predicted molar refractivity (Wildman–Crippen MR) is 242 cm³/mol. The maximum Gasteiger partial charge on any atom is 0.119 e. The molecule has 0 spiro atoms. The van der Waals surface area contributed by atoms with Crippen LogP contribution in [0.25, 0.3) is 0 Å². The van der Waals surface area contributed by atoms with Crippen LogP contribution >= 0.6 is 0 Å². The Morgan fingerprint density at radius 2 is 0.807 bits per heavy atom. The molecule has 57 heavy (non-hydrogen) atoms. The molecule has 4 aromatic carbocycles. The average Bonchev–Trinajstić information content (AvgIpc) is 3.27. The van der Waals surface area contributed by atoms with Gasteiger partial charge in [-0.05, 0) is 173 Å². The highest BCUT2D eigenvalue weighted by atomic mass is 16.5. The normalized spacial score (nSPS) is 18.8. The largest absolute Gasteiger partial charge is 0.494 e. The summed E-state index contributed by atoms with van der Waals surface area (Å²) < 4.78 is 11.5. The quantitative estimate of drug-likeness (QED) is 0.0887. The van der Waals surface area contributed by atoms with Crippen LogP contribution in [-0.4, -0.2) is 13.2 Å². The Morgan fingerprint density at radius 1 is 0.421 bits per heavy atom. The summed E-state index contributed by atoms with van der Waals surface area (Å²) in [5.74, 6) is 18.3. The van der Waals surface area contributed by atoms with Crippen LogP contribution in [0, 0.1) is 35.5 Å². The lowest BCUT2D eigenvalue weighted by molar-refractivity contribution is 0.309. The summed E-state index contributed by atoms with van der Waals surface area (Å²) in [7, 11) is 0. The van der Waals surface area contributed by atoms with E-state index in [4.69, 9.17) is 9.47 Å². The fourth-order valence-corrected chi connectivity index (χ4v) is 8.01. The van der Waals surface area contributed by atoms with Crippen LogP contribution < -0.4 is 9.47 Å². The molecule has 302 valence electrons. The van der Waals surface area contributed by atoms with Crippen LogP contribution in [0.4, 0.5) is 0 Å². The molecule has 0 saturated heterocycles. The maximum atomic E-state index is 5.79. The van der Waals surface area contributed by atoms with Gasteiger partial charge in [0.15, 0.2) is 0 Å². The molecular weight excluding hydrogens is 693 g/mol. The van der Waals surface area contributed by atoms with Crippen molar-refractivity contribution in [3.8, 4) is 35.2 Å². The van der Waals surface area contributed by atoms with Gasteiger partial charge in [0.05, 0.1) is 13.2 Å². The molecule has 2 heteroatoms. The second-order valence-corrected chi connectivity index (χ2v) is 16.4. The maximum absolute atomic E-state index is 5.79. The molecule has 0 amide bonds. The Bertz CT molecular complexity index is 1800. The highest BCUT2D eigenvalue weighted by Crippen LogP contribution is 2.37. The van der Waals surface area contributed by atoms with Gasteiger partial charge in [-0.2, -0.15) is 0 Å². The molecule has 4 aromatic rings. The molecule has 0 radical (unpaired) electrons. The Kier molecular flexibility index (Phi) is 19.2. The SMILES string of the molecule is CCCCOc1ccc(C2CCC(C#Cc3ccc(CCCC)cc3)CC2)cc1.CCCCc1ccc(C#CC2CCC(c3ccc(OCCC)cc3)CC2)cc1. The summed E-state index contributed by atoms with van der Waals surface area (Å²) in [6.45, 7) is 10.4. The molecule has 0 atom stereocenters. The summed E-state index contributed by atoms with van der Waals surface area (Å²) in [6.07, 6.45) is 20.5. The summed E-state index contributed by atoms with van der Waals surface area (Å²) in [4.78, 5) is 0. The van der Waals surface area contributed by atoms with E-state index in [-0.39, 0.29) is 0 Å². The molecule has 2 saturated carbocycles. The lowest BCUT2D eigenvalue weighted by Gasteiger charge is -2.26. The van der Waals surface area contributed by atoms with Gasteiger partial charge < -0.3 is 9.47 Å². The van der Waals surface area contributed by atoms with Gasteiger partial charge >= 0.3 is 0 Å². The third kappa shape index (κ3) is 15.5. The van der Waals surface area contributed by atoms with Gasteiger partial charge in [0.1, 0.15) is 11.5 Å². The first-order valence-electron chi connectivity index (χ1n) is 22.7. The van der Waals surface area contributed by atoms with Crippen molar-refractivity contribution in [3.05, 3.63) is 130 Å². The van der Waals surface area contributed by atoms with Crippen molar-refractivity contribution in [3.63, 3.8) is 0 Å². The minimum Gasteiger partial charge on any atom is -0.494 e. The Morgan fingerprint density at radius 3 is 1.18 bits per heavy atom. The van der Waals surface area contributed by atoms with Crippen molar-refractivity contribution in [1.29, 1.82) is 0 Å². The first kappa shape index (κ1) is 43.7. The molecule has 0 heterocycles. The van der Waals surface area contributed by atoms with E-state index >= 15 is 0 Å². The minimum absolute atomic E-state index is 0.544. The zero-order valence-electron chi connectivity index (χ0n) is 35.8. The van der Waals surface area contributed by atoms with Gasteiger partial charge in [-0.3, -0.25) is 0 Å². The van der Waals surface area contributed by atoms with Gasteiger partial charge in [-0.15, -0.1) is 0 Å². The van der Waals surface area contributed by atoms with Gasteiger partial charge in [0, 0.05) is 23.0 Å². The van der Waals surface area contributed by atoms with E-state index < -0.39 is 0 Å². The molecule has 0 unspecified atom stereocenters. The molecular formula is C55H70O2. The van der Waals surface area contributed by atoms with Crippen molar-refractivity contribution in [2.75, 3.05) is 13.2 Å². The Balaban J connectivity index is 0.000000218. The number of aryl methyl sites for hydroxylation is 2. The van der Waals surface area contributed by atoms with E-state index in [1.165, 1.54) is 119 Å². The number of rotatable bonds is 15. The van der Waals surface area contributed by atoms with Crippen molar-refractivity contribution in [2.45, 2.75) is 149 Å². The Labute approximate surface area is 347 Å². The van der Waals surface area contributed by atoms with Gasteiger partial charge in [-0.25, -0.2) is 0 Å². The van der Waals surface area contributed by atoms with E-state index in [1.807, 2.05) is 0 Å². The van der Waals surface area contributed by atoms with E-state index in [1.54, 1.807) is 0 Å². The standard InChI is InChI=1S/C28H36O.C27H34O/c1-3-5-7-23-8-10-24(11-9-23)12-13-25-14-16-26(17-15-25)27-18-20-28(21-19-27)29-22-6-4-2;1-3-5-6-22-7-9-23(10-8-22)11-12-24-13-15-25(16-14-24)26-17-19-27(20-18-26)28-21-4-2/h8-11,18-21,25-26H,3-7,14-17,22H2,1-2H3;7-10,17-20,24-25H,3-6,13-16,21H2,1-2H3. The van der Waals surface area contributed by atoms with Gasteiger partial charge in [-0.1, -0.05) is 119 Å². The van der Waals surface area contributed by atoms with E-state index in [0.29, 0.717) is 23.7 Å². The van der Waals surface area contributed by atoms with E-state index in [9.17, 15) is 0 Å². The smallest absolute Gasteiger partial charge is 0.119 e. The monoisotopic (exact) mass is 763 g/mol. The molecule has 2 aliphatic rings. The molecule has 2 fully saturated rings. The van der Waals surface area contributed by atoms with Crippen LogP contribution in [0.3, 0.4) is 0 Å². The first-order valence-corrected chi connectivity index (χ1v) is 22.7. The number of benzene rings is 4. The van der Waals surface area contributed by atoms with Crippen molar-refractivity contribution >= 4 is 0 Å². The lowest BCUT2D eigenvalue weighted by Crippen LogP contribution is -2.12. The number of unbranched alkanes of at least 4 members (excludes halogenated alkanes) is 3. The summed E-state index contributed by atoms with van der Waals surface area (Å²) in [5, 5.41) is 0. The molecule has 0 aliphatic heterocycles. The fourth-order valence-electron chi connectivity index (χ4n) is 8.01. The Hall–Kier alpha value is -4.40. The second kappa shape index (κ2) is 25.1. The number of hydrogen-bond acceptors (Lipinski definition) is 2. The first-order chi connectivity index (χ1) is 28.1. The molecule has 0 bridgehead atoms. The second-order valence-electron chi connectivity index (χ2n) is 16.4. The van der Waals surface area contributed by atoms with Crippen molar-refractivity contribution in [1.82, 2.24) is 0 Å². The van der Waals surface area contributed by atoms with Gasteiger partial charge in [0.2, 0.25) is 0 Å².